The molecule has 10 heavy (non-hydrogen) atoms. The molecule has 0 aromatic heterocycles. The summed E-state index contributed by atoms with van der Waals surface area (Å²) in [5, 5.41) is 11.8. The average molecular weight is 142 g/mol. The summed E-state index contributed by atoms with van der Waals surface area (Å²) >= 11 is 0. The lowest BCUT2D eigenvalue weighted by molar-refractivity contribution is 0.274. The molecule has 1 N–H and O–H groups in total. The number of hydrogen-bond acceptors (Lipinski definition) is 3. The highest BCUT2D eigenvalue weighted by atomic mass is 16.4. The molecule has 1 saturated heterocycles. The van der Waals surface area contributed by atoms with E-state index in [1.54, 1.807) is 0 Å². The predicted molar refractivity (Wildman–Crippen MR) is 40.5 cm³/mol. The maximum Gasteiger partial charge on any atom is 0.0624 e. The Morgan fingerprint density at radius 3 is 2.90 bits per heavy atom. The molecule has 1 rings (SSSR count). The Labute approximate surface area is 61.3 Å². The van der Waals surface area contributed by atoms with Crippen molar-refractivity contribution in [2.75, 3.05) is 20.1 Å². The van der Waals surface area contributed by atoms with Crippen LogP contribution in [-0.4, -0.2) is 36.0 Å². The van der Waals surface area contributed by atoms with Gasteiger partial charge in [0.2, 0.25) is 0 Å². The number of hydrogen-bond donors (Lipinski definition) is 1. The average Bonchev–Trinajstić information content (AvgIpc) is 1.88. The molecule has 1 fully saturated rings. The lowest BCUT2D eigenvalue weighted by atomic mass is 9.98. The van der Waals surface area contributed by atoms with Gasteiger partial charge in [-0.1, -0.05) is 12.1 Å². The first-order valence-corrected chi connectivity index (χ1v) is 3.63. The number of rotatable bonds is 0. The summed E-state index contributed by atoms with van der Waals surface area (Å²) in [5.74, 6) is 0.420. The van der Waals surface area contributed by atoms with Crippen LogP contribution < -0.4 is 0 Å². The van der Waals surface area contributed by atoms with Gasteiger partial charge in [0.15, 0.2) is 0 Å². The molecule has 1 atom stereocenters. The zero-order valence-electron chi connectivity index (χ0n) is 6.54. The maximum absolute atomic E-state index is 8.52. The van der Waals surface area contributed by atoms with Gasteiger partial charge in [0.25, 0.3) is 0 Å². The van der Waals surface area contributed by atoms with Gasteiger partial charge in [-0.25, -0.2) is 0 Å². The van der Waals surface area contributed by atoms with Crippen LogP contribution >= 0.6 is 0 Å². The van der Waals surface area contributed by atoms with E-state index >= 15 is 0 Å². The minimum atomic E-state index is 0.420. The standard InChI is InChI=1S/C7H14N2O/c1-6-5-9(2)4-3-7(6)8-10/h6,10H,3-5H2,1-2H3/b8-7+. The van der Waals surface area contributed by atoms with Crippen molar-refractivity contribution in [3.05, 3.63) is 0 Å². The van der Waals surface area contributed by atoms with Gasteiger partial charge >= 0.3 is 0 Å². The first kappa shape index (κ1) is 7.54. The van der Waals surface area contributed by atoms with E-state index in [9.17, 15) is 0 Å². The van der Waals surface area contributed by atoms with Gasteiger partial charge in [-0.3, -0.25) is 0 Å². The van der Waals surface area contributed by atoms with Crippen molar-refractivity contribution in [3.63, 3.8) is 0 Å². The third kappa shape index (κ3) is 1.48. The van der Waals surface area contributed by atoms with Gasteiger partial charge in [-0.2, -0.15) is 0 Å². The van der Waals surface area contributed by atoms with Crippen molar-refractivity contribution in [2.24, 2.45) is 11.1 Å². The molecule has 0 aromatic carbocycles. The SMILES string of the molecule is CC1CN(C)CC/C1=N\O. The predicted octanol–water partition coefficient (Wildman–Crippen LogP) is 0.788. The van der Waals surface area contributed by atoms with Crippen LogP contribution in [0.5, 0.6) is 0 Å². The quantitative estimate of drug-likeness (QED) is 0.401. The van der Waals surface area contributed by atoms with Crippen LogP contribution in [0.4, 0.5) is 0 Å². The highest BCUT2D eigenvalue weighted by Crippen LogP contribution is 2.11. The van der Waals surface area contributed by atoms with E-state index in [-0.39, 0.29) is 0 Å². The van der Waals surface area contributed by atoms with Crippen LogP contribution in [0.2, 0.25) is 0 Å². The van der Waals surface area contributed by atoms with E-state index in [0.29, 0.717) is 5.92 Å². The van der Waals surface area contributed by atoms with Crippen molar-refractivity contribution in [3.8, 4) is 0 Å². The lowest BCUT2D eigenvalue weighted by Gasteiger charge is -2.27. The molecule has 1 unspecified atom stereocenters. The van der Waals surface area contributed by atoms with Crippen LogP contribution in [0.1, 0.15) is 13.3 Å². The first-order valence-electron chi connectivity index (χ1n) is 3.63. The van der Waals surface area contributed by atoms with E-state index < -0.39 is 0 Å². The second-order valence-electron chi connectivity index (χ2n) is 3.00. The Morgan fingerprint density at radius 1 is 1.70 bits per heavy atom. The summed E-state index contributed by atoms with van der Waals surface area (Å²) in [6.45, 7) is 4.12. The summed E-state index contributed by atoms with van der Waals surface area (Å²) < 4.78 is 0. The number of piperidine rings is 1. The second kappa shape index (κ2) is 3.01. The largest absolute Gasteiger partial charge is 0.411 e. The monoisotopic (exact) mass is 142 g/mol. The number of oxime groups is 1. The molecular weight excluding hydrogens is 128 g/mol. The van der Waals surface area contributed by atoms with Crippen LogP contribution in [0, 0.1) is 5.92 Å². The zero-order valence-corrected chi connectivity index (χ0v) is 6.54. The molecule has 0 amide bonds. The highest BCUT2D eigenvalue weighted by molar-refractivity contribution is 5.86. The Hall–Kier alpha value is -0.570. The summed E-state index contributed by atoms with van der Waals surface area (Å²) in [6.07, 6.45) is 0.911. The van der Waals surface area contributed by atoms with Crippen LogP contribution in [-0.2, 0) is 0 Å². The lowest BCUT2D eigenvalue weighted by Crippen LogP contribution is -2.36. The van der Waals surface area contributed by atoms with Gasteiger partial charge < -0.3 is 10.1 Å². The molecule has 1 heterocycles. The van der Waals surface area contributed by atoms with Crippen LogP contribution in [0.15, 0.2) is 5.16 Å². The Bertz CT molecular complexity index is 145. The molecule has 0 aromatic rings. The van der Waals surface area contributed by atoms with Crippen molar-refractivity contribution in [2.45, 2.75) is 13.3 Å². The fourth-order valence-electron chi connectivity index (χ4n) is 1.36. The van der Waals surface area contributed by atoms with E-state index in [1.165, 1.54) is 0 Å². The second-order valence-corrected chi connectivity index (χ2v) is 3.00. The van der Waals surface area contributed by atoms with Crippen molar-refractivity contribution in [1.82, 2.24) is 4.90 Å². The van der Waals surface area contributed by atoms with Crippen LogP contribution in [0.3, 0.4) is 0 Å². The Kier molecular flexibility index (Phi) is 2.27. The van der Waals surface area contributed by atoms with E-state index in [1.807, 2.05) is 0 Å². The van der Waals surface area contributed by atoms with Crippen LogP contribution in [0.25, 0.3) is 0 Å². The molecule has 0 aliphatic carbocycles. The Balaban J connectivity index is 2.52. The molecule has 0 radical (unpaired) electrons. The number of likely N-dealkylation sites (tertiary alicyclic amines) is 1. The molecule has 1 aliphatic heterocycles. The molecule has 1 aliphatic rings. The highest BCUT2D eigenvalue weighted by Gasteiger charge is 2.19. The van der Waals surface area contributed by atoms with Gasteiger partial charge in [0, 0.05) is 25.4 Å². The third-order valence-corrected chi connectivity index (χ3v) is 2.03. The van der Waals surface area contributed by atoms with E-state index in [4.69, 9.17) is 5.21 Å². The first-order chi connectivity index (χ1) is 4.74. The zero-order chi connectivity index (χ0) is 7.56. The van der Waals surface area contributed by atoms with Gasteiger partial charge in [-0.05, 0) is 7.05 Å². The van der Waals surface area contributed by atoms with Crippen molar-refractivity contribution in [1.29, 1.82) is 0 Å². The maximum atomic E-state index is 8.52. The molecule has 0 spiro atoms. The molecule has 3 heteroatoms. The summed E-state index contributed by atoms with van der Waals surface area (Å²) in [5.41, 5.74) is 0.943. The molecule has 0 bridgehead atoms. The Morgan fingerprint density at radius 2 is 2.40 bits per heavy atom. The molecule has 58 valence electrons. The fraction of sp³-hybridized carbons (Fsp3) is 0.857. The van der Waals surface area contributed by atoms with Crippen molar-refractivity contribution >= 4 is 5.71 Å². The molecule has 3 nitrogen and oxygen atoms in total. The third-order valence-electron chi connectivity index (χ3n) is 2.03. The van der Waals surface area contributed by atoms with Gasteiger partial charge in [0.1, 0.15) is 0 Å². The topological polar surface area (TPSA) is 35.8 Å². The normalized spacial score (nSPS) is 33.0. The minimum Gasteiger partial charge on any atom is -0.411 e. The fourth-order valence-corrected chi connectivity index (χ4v) is 1.36. The summed E-state index contributed by atoms with van der Waals surface area (Å²) in [7, 11) is 2.09. The molecular formula is C7H14N2O. The van der Waals surface area contributed by atoms with E-state index in [0.717, 1.165) is 25.2 Å². The minimum absolute atomic E-state index is 0.420. The summed E-state index contributed by atoms with van der Waals surface area (Å²) in [4.78, 5) is 2.25. The van der Waals surface area contributed by atoms with Gasteiger partial charge in [-0.15, -0.1) is 0 Å². The van der Waals surface area contributed by atoms with E-state index in [2.05, 4.69) is 24.0 Å². The number of nitrogens with zero attached hydrogens (tertiary/aromatic N) is 2. The van der Waals surface area contributed by atoms with Crippen molar-refractivity contribution < 1.29 is 5.21 Å². The smallest absolute Gasteiger partial charge is 0.0624 e. The molecule has 0 saturated carbocycles. The van der Waals surface area contributed by atoms with Gasteiger partial charge in [0.05, 0.1) is 5.71 Å². The summed E-state index contributed by atoms with van der Waals surface area (Å²) in [6, 6.07) is 0.